The minimum absolute atomic E-state index is 0.0260. The van der Waals surface area contributed by atoms with Gasteiger partial charge in [-0.1, -0.05) is 0 Å². The summed E-state index contributed by atoms with van der Waals surface area (Å²) in [4.78, 5) is 24.2. The molecule has 1 aliphatic heterocycles. The number of rotatable bonds is 2. The number of hydrogen-bond donors (Lipinski definition) is 4. The topological polar surface area (TPSA) is 112 Å². The van der Waals surface area contributed by atoms with Crippen molar-refractivity contribution in [3.63, 3.8) is 0 Å². The highest BCUT2D eigenvalue weighted by Crippen LogP contribution is 2.13. The largest absolute Gasteiger partial charge is 0.506 e. The Kier molecular flexibility index (Phi) is 5.47. The summed E-state index contributed by atoms with van der Waals surface area (Å²) in [5, 5.41) is 21.8. The zero-order chi connectivity index (χ0) is 16.0. The third-order valence-electron chi connectivity index (χ3n) is 2.39. The zero-order valence-electron chi connectivity index (χ0n) is 10.5. The number of aromatic hydroxyl groups is 1. The van der Waals surface area contributed by atoms with Crippen LogP contribution in [0.1, 0.15) is 0 Å². The number of carbonyl (C=O) groups excluding carboxylic acids is 1. The number of anilines is 1. The maximum atomic E-state index is 11.4. The monoisotopic (exact) mass is 307 g/mol. The van der Waals surface area contributed by atoms with E-state index in [0.29, 0.717) is 5.82 Å². The van der Waals surface area contributed by atoms with E-state index in [9.17, 15) is 18.0 Å². The molecule has 0 saturated carbocycles. The van der Waals surface area contributed by atoms with E-state index >= 15 is 0 Å². The number of aromatic nitrogens is 1. The molecule has 0 spiro atoms. The highest BCUT2D eigenvalue weighted by Gasteiger charge is 2.38. The third kappa shape index (κ3) is 5.65. The van der Waals surface area contributed by atoms with E-state index in [2.05, 4.69) is 15.6 Å². The molecule has 7 nitrogen and oxygen atoms in total. The molecule has 0 aliphatic carbocycles. The second-order valence-corrected chi connectivity index (χ2v) is 4.05. The fourth-order valence-corrected chi connectivity index (χ4v) is 1.16. The van der Waals surface area contributed by atoms with Crippen molar-refractivity contribution in [3.05, 3.63) is 18.3 Å². The first-order valence-corrected chi connectivity index (χ1v) is 5.67. The molecular weight excluding hydrogens is 295 g/mol. The second kappa shape index (κ2) is 6.88. The summed E-state index contributed by atoms with van der Waals surface area (Å²) in [6, 6.07) is 3.06. The molecule has 1 aromatic rings. The van der Waals surface area contributed by atoms with Crippen LogP contribution in [0.15, 0.2) is 18.3 Å². The van der Waals surface area contributed by atoms with E-state index in [4.69, 9.17) is 15.0 Å². The maximum Gasteiger partial charge on any atom is 0.490 e. The average Bonchev–Trinajstić information content (AvgIpc) is 2.29. The summed E-state index contributed by atoms with van der Waals surface area (Å²) in [6.45, 7) is 1.45. The molecule has 0 unspecified atom stereocenters. The van der Waals surface area contributed by atoms with Crippen LogP contribution >= 0.6 is 0 Å². The van der Waals surface area contributed by atoms with Gasteiger partial charge in [-0.15, -0.1) is 0 Å². The Morgan fingerprint density at radius 2 is 1.90 bits per heavy atom. The number of carboxylic acids is 1. The number of halogens is 3. The zero-order valence-corrected chi connectivity index (χ0v) is 10.5. The van der Waals surface area contributed by atoms with Crippen LogP contribution in [0.4, 0.5) is 19.0 Å². The normalized spacial score (nSPS) is 14.4. The highest BCUT2D eigenvalue weighted by atomic mass is 19.4. The lowest BCUT2D eigenvalue weighted by molar-refractivity contribution is -0.192. The van der Waals surface area contributed by atoms with Gasteiger partial charge in [-0.2, -0.15) is 13.2 Å². The number of carbonyl (C=O) groups is 2. The van der Waals surface area contributed by atoms with E-state index in [1.54, 1.807) is 6.07 Å². The number of carboxylic acid groups (broad SMARTS) is 1. The summed E-state index contributed by atoms with van der Waals surface area (Å²) in [5.41, 5.74) is 0. The number of amides is 1. The summed E-state index contributed by atoms with van der Waals surface area (Å²) >= 11 is 0. The first-order valence-electron chi connectivity index (χ1n) is 5.67. The SMILES string of the molecule is O=C(Nc1ccc(O)cn1)C1CNC1.O=C(O)C(F)(F)F. The van der Waals surface area contributed by atoms with Gasteiger partial charge < -0.3 is 20.8 Å². The van der Waals surface area contributed by atoms with Gasteiger partial charge in [-0.25, -0.2) is 9.78 Å². The molecule has 0 atom stereocenters. The van der Waals surface area contributed by atoms with Crippen molar-refractivity contribution in [2.45, 2.75) is 6.18 Å². The molecule has 0 aromatic carbocycles. The molecule has 1 saturated heterocycles. The van der Waals surface area contributed by atoms with Crippen LogP contribution < -0.4 is 10.6 Å². The van der Waals surface area contributed by atoms with Crippen LogP contribution in [0.3, 0.4) is 0 Å². The predicted octanol–water partition coefficient (Wildman–Crippen LogP) is 0.578. The van der Waals surface area contributed by atoms with Gasteiger partial charge in [0.1, 0.15) is 11.6 Å². The molecule has 1 aromatic heterocycles. The van der Waals surface area contributed by atoms with Gasteiger partial charge in [0, 0.05) is 13.1 Å². The summed E-state index contributed by atoms with van der Waals surface area (Å²) < 4.78 is 31.7. The first-order chi connectivity index (χ1) is 9.70. The third-order valence-corrected chi connectivity index (χ3v) is 2.39. The van der Waals surface area contributed by atoms with Gasteiger partial charge in [0.25, 0.3) is 0 Å². The van der Waals surface area contributed by atoms with Gasteiger partial charge in [0.05, 0.1) is 12.1 Å². The lowest BCUT2D eigenvalue weighted by atomic mass is 10.0. The molecular formula is C11H12F3N3O4. The number of pyridine rings is 1. The lowest BCUT2D eigenvalue weighted by Gasteiger charge is -2.25. The smallest absolute Gasteiger partial charge is 0.490 e. The van der Waals surface area contributed by atoms with Crippen LogP contribution in [0, 0.1) is 5.92 Å². The van der Waals surface area contributed by atoms with E-state index in [1.807, 2.05) is 0 Å². The van der Waals surface area contributed by atoms with Crippen molar-refractivity contribution in [2.75, 3.05) is 18.4 Å². The standard InChI is InChI=1S/C9H11N3O2.C2HF3O2/c13-7-1-2-8(11-5-7)12-9(14)6-3-10-4-6;3-2(4,5)1(6)7/h1-2,5-6,10,13H,3-4H2,(H,11,12,14);(H,6,7). The molecule has 21 heavy (non-hydrogen) atoms. The Labute approximate surface area is 116 Å². The minimum atomic E-state index is -5.08. The molecule has 10 heteroatoms. The van der Waals surface area contributed by atoms with Crippen LogP contribution in [0.5, 0.6) is 5.75 Å². The minimum Gasteiger partial charge on any atom is -0.506 e. The Hall–Kier alpha value is -2.36. The first kappa shape index (κ1) is 16.7. The number of aliphatic carboxylic acids is 1. The Balaban J connectivity index is 0.000000270. The van der Waals surface area contributed by atoms with Gasteiger partial charge in [0.15, 0.2) is 0 Å². The van der Waals surface area contributed by atoms with E-state index in [-0.39, 0.29) is 17.6 Å². The van der Waals surface area contributed by atoms with Crippen LogP contribution in [-0.2, 0) is 9.59 Å². The van der Waals surface area contributed by atoms with Crippen molar-refractivity contribution < 1.29 is 33.0 Å². The van der Waals surface area contributed by atoms with Crippen LogP contribution in [0.2, 0.25) is 0 Å². The van der Waals surface area contributed by atoms with Crippen molar-refractivity contribution in [1.29, 1.82) is 0 Å². The van der Waals surface area contributed by atoms with Gasteiger partial charge >= 0.3 is 12.1 Å². The lowest BCUT2D eigenvalue weighted by Crippen LogP contribution is -2.48. The Morgan fingerprint density at radius 3 is 2.24 bits per heavy atom. The molecule has 0 bridgehead atoms. The summed E-state index contributed by atoms with van der Waals surface area (Å²) in [6.07, 6.45) is -3.78. The maximum absolute atomic E-state index is 11.4. The predicted molar refractivity (Wildman–Crippen MR) is 64.6 cm³/mol. The number of alkyl halides is 3. The highest BCUT2D eigenvalue weighted by molar-refractivity contribution is 5.92. The summed E-state index contributed by atoms with van der Waals surface area (Å²) in [7, 11) is 0. The Morgan fingerprint density at radius 1 is 1.33 bits per heavy atom. The fraction of sp³-hybridized carbons (Fsp3) is 0.364. The average molecular weight is 307 g/mol. The van der Waals surface area contributed by atoms with Gasteiger partial charge in [-0.3, -0.25) is 4.79 Å². The molecule has 1 aliphatic rings. The van der Waals surface area contributed by atoms with E-state index in [1.165, 1.54) is 12.3 Å². The van der Waals surface area contributed by atoms with Crippen molar-refractivity contribution in [2.24, 2.45) is 5.92 Å². The van der Waals surface area contributed by atoms with Crippen LogP contribution in [0.25, 0.3) is 0 Å². The van der Waals surface area contributed by atoms with Gasteiger partial charge in [-0.05, 0) is 12.1 Å². The molecule has 0 radical (unpaired) electrons. The molecule has 2 rings (SSSR count). The van der Waals surface area contributed by atoms with E-state index in [0.717, 1.165) is 13.1 Å². The summed E-state index contributed by atoms with van der Waals surface area (Å²) in [5.74, 6) is -2.17. The molecule has 1 fully saturated rings. The number of nitrogens with zero attached hydrogens (tertiary/aromatic N) is 1. The number of nitrogens with one attached hydrogen (secondary N) is 2. The molecule has 4 N–H and O–H groups in total. The van der Waals surface area contributed by atoms with Crippen molar-refractivity contribution in [1.82, 2.24) is 10.3 Å². The van der Waals surface area contributed by atoms with Crippen molar-refractivity contribution >= 4 is 17.7 Å². The fourth-order valence-electron chi connectivity index (χ4n) is 1.16. The quantitative estimate of drug-likeness (QED) is 0.636. The molecule has 2 heterocycles. The Bertz CT molecular complexity index is 500. The van der Waals surface area contributed by atoms with E-state index < -0.39 is 12.1 Å². The molecule has 1 amide bonds. The molecule has 116 valence electrons. The van der Waals surface area contributed by atoms with Gasteiger partial charge in [0.2, 0.25) is 5.91 Å². The number of hydrogen-bond acceptors (Lipinski definition) is 5. The van der Waals surface area contributed by atoms with Crippen molar-refractivity contribution in [3.8, 4) is 5.75 Å². The second-order valence-electron chi connectivity index (χ2n) is 4.05. The van der Waals surface area contributed by atoms with Crippen LogP contribution in [-0.4, -0.2) is 46.3 Å².